The molecule has 1 aromatic rings. The van der Waals surface area contributed by atoms with Gasteiger partial charge >= 0.3 is 11.9 Å². The van der Waals surface area contributed by atoms with Gasteiger partial charge in [0.25, 0.3) is 0 Å². The molecule has 0 radical (unpaired) electrons. The minimum Gasteiger partial charge on any atom is -0.492 e. The summed E-state index contributed by atoms with van der Waals surface area (Å²) in [5.41, 5.74) is -0.929. The van der Waals surface area contributed by atoms with Crippen LogP contribution in [0.2, 0.25) is 5.02 Å². The number of unbranched alkanes of at least 4 members (excludes halogenated alkanes) is 6. The number of ether oxygens (including phenoxy) is 1. The predicted molar refractivity (Wildman–Crippen MR) is 122 cm³/mol. The summed E-state index contributed by atoms with van der Waals surface area (Å²) in [5, 5.41) is 21.7. The SMILES string of the molecule is CCCCCCCCCOc1ccc(CNCC#CCC(C)(C(=O)O)C(=O)O)cc1Cl. The molecule has 1 rings (SSSR count). The van der Waals surface area contributed by atoms with E-state index in [0.717, 1.165) is 18.9 Å². The lowest BCUT2D eigenvalue weighted by Crippen LogP contribution is -2.35. The van der Waals surface area contributed by atoms with E-state index in [0.29, 0.717) is 30.5 Å². The van der Waals surface area contributed by atoms with Crippen molar-refractivity contribution in [1.82, 2.24) is 5.32 Å². The van der Waals surface area contributed by atoms with Crippen LogP contribution >= 0.6 is 11.6 Å². The Hall–Kier alpha value is -2.23. The topological polar surface area (TPSA) is 95.9 Å². The monoisotopic (exact) mass is 451 g/mol. The van der Waals surface area contributed by atoms with Gasteiger partial charge in [-0.25, -0.2) is 0 Å². The molecule has 0 aliphatic heterocycles. The lowest BCUT2D eigenvalue weighted by Gasteiger charge is -2.15. The van der Waals surface area contributed by atoms with Crippen LogP contribution in [0.25, 0.3) is 0 Å². The highest BCUT2D eigenvalue weighted by Crippen LogP contribution is 2.26. The molecule has 0 spiro atoms. The Balaban J connectivity index is 2.32. The van der Waals surface area contributed by atoms with Gasteiger partial charge < -0.3 is 20.3 Å². The number of benzene rings is 1. The zero-order chi connectivity index (χ0) is 23.1. The maximum absolute atomic E-state index is 11.1. The minimum absolute atomic E-state index is 0.254. The Labute approximate surface area is 190 Å². The molecule has 0 unspecified atom stereocenters. The molecule has 0 bridgehead atoms. The van der Waals surface area contributed by atoms with Crippen molar-refractivity contribution in [1.29, 1.82) is 0 Å². The molecule has 6 nitrogen and oxygen atoms in total. The first-order valence-electron chi connectivity index (χ1n) is 10.9. The Morgan fingerprint density at radius 1 is 1.06 bits per heavy atom. The van der Waals surface area contributed by atoms with E-state index in [4.69, 9.17) is 26.6 Å². The fourth-order valence-electron chi connectivity index (χ4n) is 2.83. The first kappa shape index (κ1) is 26.8. The largest absolute Gasteiger partial charge is 0.492 e. The fraction of sp³-hybridized carbons (Fsp3) is 0.583. The second kappa shape index (κ2) is 14.7. The fourth-order valence-corrected chi connectivity index (χ4v) is 3.08. The summed E-state index contributed by atoms with van der Waals surface area (Å²) in [6.07, 6.45) is 8.36. The van der Waals surface area contributed by atoms with E-state index in [-0.39, 0.29) is 6.42 Å². The lowest BCUT2D eigenvalue weighted by atomic mass is 9.87. The number of hydrogen-bond donors (Lipinski definition) is 3. The normalized spacial score (nSPS) is 10.9. The number of rotatable bonds is 15. The van der Waals surface area contributed by atoms with Crippen LogP contribution in [0.1, 0.15) is 70.8 Å². The number of hydrogen-bond acceptors (Lipinski definition) is 4. The van der Waals surface area contributed by atoms with E-state index in [9.17, 15) is 9.59 Å². The lowest BCUT2D eigenvalue weighted by molar-refractivity contribution is -0.162. The second-order valence-electron chi connectivity index (χ2n) is 7.81. The molecule has 0 fully saturated rings. The zero-order valence-corrected chi connectivity index (χ0v) is 19.3. The van der Waals surface area contributed by atoms with E-state index in [1.54, 1.807) is 0 Å². The molecule has 0 heterocycles. The number of carboxylic acid groups (broad SMARTS) is 2. The van der Waals surface area contributed by atoms with E-state index >= 15 is 0 Å². The van der Waals surface area contributed by atoms with Crippen molar-refractivity contribution in [3.8, 4) is 17.6 Å². The molecule has 0 atom stereocenters. The molecular weight excluding hydrogens is 418 g/mol. The highest BCUT2D eigenvalue weighted by atomic mass is 35.5. The van der Waals surface area contributed by atoms with Gasteiger partial charge in [-0.05, 0) is 31.0 Å². The quantitative estimate of drug-likeness (QED) is 0.194. The average molecular weight is 452 g/mol. The van der Waals surface area contributed by atoms with Crippen molar-refractivity contribution >= 4 is 23.5 Å². The number of aliphatic carboxylic acids is 2. The van der Waals surface area contributed by atoms with Gasteiger partial charge in [0.2, 0.25) is 0 Å². The number of carboxylic acids is 2. The summed E-state index contributed by atoms with van der Waals surface area (Å²) < 4.78 is 5.78. The Bertz CT molecular complexity index is 755. The number of halogens is 1. The summed E-state index contributed by atoms with van der Waals surface area (Å²) >= 11 is 6.31. The third-order valence-electron chi connectivity index (χ3n) is 5.06. The van der Waals surface area contributed by atoms with Crippen molar-refractivity contribution < 1.29 is 24.5 Å². The third kappa shape index (κ3) is 10.1. The van der Waals surface area contributed by atoms with Crippen LogP contribution in [0.5, 0.6) is 5.75 Å². The molecule has 0 aromatic heterocycles. The molecule has 172 valence electrons. The maximum Gasteiger partial charge on any atom is 0.321 e. The molecule has 3 N–H and O–H groups in total. The van der Waals surface area contributed by atoms with Gasteiger partial charge in [-0.1, -0.05) is 69.0 Å². The van der Waals surface area contributed by atoms with Crippen molar-refractivity contribution in [3.05, 3.63) is 28.8 Å². The number of carbonyl (C=O) groups is 2. The Morgan fingerprint density at radius 2 is 1.71 bits per heavy atom. The average Bonchev–Trinajstić information content (AvgIpc) is 2.73. The van der Waals surface area contributed by atoms with E-state index in [1.807, 2.05) is 18.2 Å². The molecule has 0 amide bonds. The van der Waals surface area contributed by atoms with E-state index < -0.39 is 17.4 Å². The predicted octanol–water partition coefficient (Wildman–Crippen LogP) is 5.13. The van der Waals surface area contributed by atoms with Crippen LogP contribution in [-0.2, 0) is 16.1 Å². The van der Waals surface area contributed by atoms with Crippen LogP contribution in [-0.4, -0.2) is 35.3 Å². The van der Waals surface area contributed by atoms with Crippen molar-refractivity contribution in [2.24, 2.45) is 5.41 Å². The highest BCUT2D eigenvalue weighted by Gasteiger charge is 2.40. The molecule has 31 heavy (non-hydrogen) atoms. The van der Waals surface area contributed by atoms with Crippen LogP contribution in [0, 0.1) is 17.3 Å². The van der Waals surface area contributed by atoms with Gasteiger partial charge in [-0.3, -0.25) is 9.59 Å². The second-order valence-corrected chi connectivity index (χ2v) is 8.22. The van der Waals surface area contributed by atoms with Crippen LogP contribution in [0.15, 0.2) is 18.2 Å². The minimum atomic E-state index is -1.90. The molecule has 7 heteroatoms. The van der Waals surface area contributed by atoms with Gasteiger partial charge in [0.05, 0.1) is 18.2 Å². The van der Waals surface area contributed by atoms with Crippen LogP contribution < -0.4 is 10.1 Å². The Kier molecular flexibility index (Phi) is 12.7. The molecule has 1 aromatic carbocycles. The summed E-state index contributed by atoms with van der Waals surface area (Å²) in [7, 11) is 0. The molecule has 0 saturated carbocycles. The van der Waals surface area contributed by atoms with Gasteiger partial charge in [0.15, 0.2) is 5.41 Å². The standard InChI is InChI=1S/C24H34ClNO5/c1-3-4-5-6-7-8-11-16-31-21-13-12-19(17-20(21)25)18-26-15-10-9-14-24(2,22(27)28)23(29)30/h12-13,17,26H,3-8,11,14-16,18H2,1-2H3,(H,27,28)(H,29,30). The van der Waals surface area contributed by atoms with Gasteiger partial charge in [-0.15, -0.1) is 5.92 Å². The smallest absolute Gasteiger partial charge is 0.321 e. The summed E-state index contributed by atoms with van der Waals surface area (Å²) in [4.78, 5) is 22.2. The van der Waals surface area contributed by atoms with Crippen LogP contribution in [0.3, 0.4) is 0 Å². The summed E-state index contributed by atoms with van der Waals surface area (Å²) in [6, 6.07) is 5.63. The van der Waals surface area contributed by atoms with Crippen LogP contribution in [0.4, 0.5) is 0 Å². The van der Waals surface area contributed by atoms with Crippen molar-refractivity contribution in [2.75, 3.05) is 13.2 Å². The van der Waals surface area contributed by atoms with Crippen molar-refractivity contribution in [3.63, 3.8) is 0 Å². The molecule has 0 saturated heterocycles. The molecule has 0 aliphatic rings. The van der Waals surface area contributed by atoms with E-state index in [2.05, 4.69) is 24.1 Å². The summed E-state index contributed by atoms with van der Waals surface area (Å²) in [5.74, 6) is 3.26. The molecular formula is C24H34ClNO5. The van der Waals surface area contributed by atoms with E-state index in [1.165, 1.54) is 38.5 Å². The summed E-state index contributed by atoms with van der Waals surface area (Å²) in [6.45, 7) is 4.87. The Morgan fingerprint density at radius 3 is 2.32 bits per heavy atom. The first-order chi connectivity index (χ1) is 14.8. The van der Waals surface area contributed by atoms with Gasteiger partial charge in [0.1, 0.15) is 5.75 Å². The maximum atomic E-state index is 11.1. The third-order valence-corrected chi connectivity index (χ3v) is 5.35. The molecule has 0 aliphatic carbocycles. The van der Waals surface area contributed by atoms with Gasteiger partial charge in [0, 0.05) is 13.0 Å². The van der Waals surface area contributed by atoms with Gasteiger partial charge in [-0.2, -0.15) is 0 Å². The number of nitrogens with one attached hydrogen (secondary N) is 1. The zero-order valence-electron chi connectivity index (χ0n) is 18.5. The highest BCUT2D eigenvalue weighted by molar-refractivity contribution is 6.32. The van der Waals surface area contributed by atoms with Crippen molar-refractivity contribution in [2.45, 2.75) is 71.8 Å². The first-order valence-corrected chi connectivity index (χ1v) is 11.2.